The molecule has 2 nitrogen and oxygen atoms in total. The Morgan fingerprint density at radius 2 is 1.76 bits per heavy atom. The average Bonchev–Trinajstić information content (AvgIpc) is 2.78. The topological polar surface area (TPSA) is 24.1 Å². The van der Waals surface area contributed by atoms with Crippen LogP contribution >= 0.6 is 11.6 Å². The normalized spacial score (nSPS) is 12.0. The minimum absolute atomic E-state index is 0.860. The zero-order valence-corrected chi connectivity index (χ0v) is 13.6. The smallest absolute Gasteiger partial charge is 0.0438 e. The van der Waals surface area contributed by atoms with E-state index in [1.807, 2.05) is 0 Å². The van der Waals surface area contributed by atoms with Gasteiger partial charge in [-0.2, -0.15) is 0 Å². The van der Waals surface area contributed by atoms with Crippen molar-refractivity contribution >= 4 is 23.0 Å². The molecule has 0 radical (unpaired) electrons. The van der Waals surface area contributed by atoms with Gasteiger partial charge in [0.2, 0.25) is 0 Å². The molecule has 0 fully saturated rings. The Balaban J connectivity index is 2.16. The number of benzene rings is 2. The van der Waals surface area contributed by atoms with E-state index >= 15 is 0 Å². The van der Waals surface area contributed by atoms with Gasteiger partial charge in [-0.1, -0.05) is 11.6 Å². The highest BCUT2D eigenvalue weighted by atomic mass is 35.5. The first-order chi connectivity index (χ1) is 10.1. The van der Waals surface area contributed by atoms with Crippen LogP contribution < -0.4 is 10.6 Å². The Kier molecular flexibility index (Phi) is 3.81. The Morgan fingerprint density at radius 3 is 2.48 bits per heavy atom. The lowest BCUT2D eigenvalue weighted by Crippen LogP contribution is -2.03. The van der Waals surface area contributed by atoms with E-state index in [9.17, 15) is 0 Å². The highest BCUT2D eigenvalue weighted by Gasteiger charge is 2.23. The molecule has 0 saturated heterocycles. The van der Waals surface area contributed by atoms with Crippen molar-refractivity contribution in [2.24, 2.45) is 0 Å². The fourth-order valence-electron chi connectivity index (χ4n) is 3.07. The van der Waals surface area contributed by atoms with Crippen molar-refractivity contribution in [1.29, 1.82) is 0 Å². The van der Waals surface area contributed by atoms with Gasteiger partial charge in [-0.05, 0) is 72.9 Å². The Morgan fingerprint density at radius 1 is 1.00 bits per heavy atom. The largest absolute Gasteiger partial charge is 0.385 e. The van der Waals surface area contributed by atoms with Crippen LogP contribution in [-0.4, -0.2) is 13.1 Å². The SMILES string of the molecule is CCNc1cc(NCC)c2c(c1)-c1cc(C)c(Cl)cc1C2. The third-order valence-corrected chi connectivity index (χ3v) is 4.45. The molecule has 3 heteroatoms. The molecule has 0 bridgehead atoms. The van der Waals surface area contributed by atoms with Gasteiger partial charge in [-0.25, -0.2) is 0 Å². The minimum Gasteiger partial charge on any atom is -0.385 e. The van der Waals surface area contributed by atoms with E-state index in [4.69, 9.17) is 11.6 Å². The molecule has 1 aliphatic carbocycles. The second-order valence-corrected chi connectivity index (χ2v) is 5.95. The van der Waals surface area contributed by atoms with E-state index in [1.165, 1.54) is 33.6 Å². The third-order valence-electron chi connectivity index (χ3n) is 4.04. The maximum atomic E-state index is 6.29. The number of anilines is 2. The minimum atomic E-state index is 0.860. The molecule has 110 valence electrons. The van der Waals surface area contributed by atoms with Crippen molar-refractivity contribution in [3.63, 3.8) is 0 Å². The van der Waals surface area contributed by atoms with Crippen LogP contribution in [0.15, 0.2) is 24.3 Å². The van der Waals surface area contributed by atoms with Gasteiger partial charge in [0.15, 0.2) is 0 Å². The zero-order chi connectivity index (χ0) is 15.0. The number of fused-ring (bicyclic) bond motifs is 3. The first-order valence-corrected chi connectivity index (χ1v) is 7.95. The Bertz CT molecular complexity index is 692. The molecule has 1 aliphatic rings. The first-order valence-electron chi connectivity index (χ1n) is 7.58. The fourth-order valence-corrected chi connectivity index (χ4v) is 3.25. The quantitative estimate of drug-likeness (QED) is 0.702. The molecule has 0 aromatic heterocycles. The Hall–Kier alpha value is -1.67. The second-order valence-electron chi connectivity index (χ2n) is 5.55. The number of rotatable bonds is 4. The molecule has 2 aromatic carbocycles. The molecule has 0 spiro atoms. The van der Waals surface area contributed by atoms with Gasteiger partial charge in [0.25, 0.3) is 0 Å². The van der Waals surface area contributed by atoms with Crippen molar-refractivity contribution in [1.82, 2.24) is 0 Å². The van der Waals surface area contributed by atoms with Gasteiger partial charge in [-0.3, -0.25) is 0 Å². The third kappa shape index (κ3) is 2.49. The van der Waals surface area contributed by atoms with Crippen LogP contribution in [0.5, 0.6) is 0 Å². The summed E-state index contributed by atoms with van der Waals surface area (Å²) in [5.41, 5.74) is 8.92. The van der Waals surface area contributed by atoms with Crippen molar-refractivity contribution in [3.05, 3.63) is 46.0 Å². The summed E-state index contributed by atoms with van der Waals surface area (Å²) < 4.78 is 0. The lowest BCUT2D eigenvalue weighted by Gasteiger charge is -2.14. The molecule has 0 heterocycles. The molecular formula is C18H21ClN2. The van der Waals surface area contributed by atoms with Crippen molar-refractivity contribution in [2.75, 3.05) is 23.7 Å². The first kappa shape index (κ1) is 14.3. The van der Waals surface area contributed by atoms with Gasteiger partial charge >= 0.3 is 0 Å². The summed E-state index contributed by atoms with van der Waals surface area (Å²) in [4.78, 5) is 0. The average molecular weight is 301 g/mol. The summed E-state index contributed by atoms with van der Waals surface area (Å²) >= 11 is 6.29. The lowest BCUT2D eigenvalue weighted by molar-refractivity contribution is 1.17. The molecule has 0 atom stereocenters. The van der Waals surface area contributed by atoms with Gasteiger partial charge in [0, 0.05) is 35.9 Å². The summed E-state index contributed by atoms with van der Waals surface area (Å²) in [5, 5.41) is 7.78. The van der Waals surface area contributed by atoms with Crippen molar-refractivity contribution in [3.8, 4) is 11.1 Å². The molecule has 0 amide bonds. The fraction of sp³-hybridized carbons (Fsp3) is 0.333. The van der Waals surface area contributed by atoms with Crippen LogP contribution in [0.4, 0.5) is 11.4 Å². The summed E-state index contributed by atoms with van der Waals surface area (Å²) in [6.45, 7) is 8.18. The van der Waals surface area contributed by atoms with E-state index in [0.717, 1.165) is 30.1 Å². The molecule has 2 aromatic rings. The predicted octanol–water partition coefficient (Wildman–Crippen LogP) is 5.08. The molecular weight excluding hydrogens is 280 g/mol. The van der Waals surface area contributed by atoms with E-state index in [-0.39, 0.29) is 0 Å². The molecule has 3 rings (SSSR count). The van der Waals surface area contributed by atoms with Crippen LogP contribution in [0.3, 0.4) is 0 Å². The highest BCUT2D eigenvalue weighted by Crippen LogP contribution is 2.43. The number of hydrogen-bond acceptors (Lipinski definition) is 2. The van der Waals surface area contributed by atoms with Crippen LogP contribution in [0.2, 0.25) is 5.02 Å². The number of halogens is 1. The van der Waals surface area contributed by atoms with Crippen molar-refractivity contribution < 1.29 is 0 Å². The van der Waals surface area contributed by atoms with Gasteiger partial charge < -0.3 is 10.6 Å². The molecule has 21 heavy (non-hydrogen) atoms. The van der Waals surface area contributed by atoms with Crippen molar-refractivity contribution in [2.45, 2.75) is 27.2 Å². The standard InChI is InChI=1S/C18H21ClN2/c1-4-20-13-9-15-14-6-11(3)17(19)8-12(14)7-16(15)18(10-13)21-5-2/h6,8-10,20-21H,4-5,7H2,1-3H3. The monoisotopic (exact) mass is 300 g/mol. The van der Waals surface area contributed by atoms with Crippen LogP contribution in [0.25, 0.3) is 11.1 Å². The summed E-state index contributed by atoms with van der Waals surface area (Å²) in [5.74, 6) is 0. The van der Waals surface area contributed by atoms with Gasteiger partial charge in [0.1, 0.15) is 0 Å². The van der Waals surface area contributed by atoms with E-state index in [1.54, 1.807) is 0 Å². The summed E-state index contributed by atoms with van der Waals surface area (Å²) in [7, 11) is 0. The van der Waals surface area contributed by atoms with E-state index < -0.39 is 0 Å². The summed E-state index contributed by atoms with van der Waals surface area (Å²) in [6, 6.07) is 8.81. The van der Waals surface area contributed by atoms with E-state index in [2.05, 4.69) is 55.7 Å². The van der Waals surface area contributed by atoms with Gasteiger partial charge in [0.05, 0.1) is 0 Å². The van der Waals surface area contributed by atoms with Gasteiger partial charge in [-0.15, -0.1) is 0 Å². The zero-order valence-electron chi connectivity index (χ0n) is 12.8. The maximum absolute atomic E-state index is 6.29. The lowest BCUT2D eigenvalue weighted by atomic mass is 10.0. The summed E-state index contributed by atoms with van der Waals surface area (Å²) in [6.07, 6.45) is 0.958. The molecule has 0 unspecified atom stereocenters. The molecule has 2 N–H and O–H groups in total. The van der Waals surface area contributed by atoms with E-state index in [0.29, 0.717) is 0 Å². The number of nitrogens with one attached hydrogen (secondary N) is 2. The molecule has 0 saturated carbocycles. The Labute approximate surface area is 131 Å². The number of aryl methyl sites for hydroxylation is 1. The molecule has 0 aliphatic heterocycles. The van der Waals surface area contributed by atoms with Crippen LogP contribution in [0.1, 0.15) is 30.5 Å². The van der Waals surface area contributed by atoms with Crippen LogP contribution in [-0.2, 0) is 6.42 Å². The van der Waals surface area contributed by atoms with Crippen LogP contribution in [0, 0.1) is 6.92 Å². The predicted molar refractivity (Wildman–Crippen MR) is 92.8 cm³/mol. The maximum Gasteiger partial charge on any atom is 0.0438 e. The highest BCUT2D eigenvalue weighted by molar-refractivity contribution is 6.31. The second kappa shape index (κ2) is 5.61. The number of hydrogen-bond donors (Lipinski definition) is 2.